The van der Waals surface area contributed by atoms with Crippen LogP contribution >= 0.6 is 0 Å². The van der Waals surface area contributed by atoms with Crippen molar-refractivity contribution in [1.82, 2.24) is 0 Å². The predicted octanol–water partition coefficient (Wildman–Crippen LogP) is 0.164. The van der Waals surface area contributed by atoms with Gasteiger partial charge in [-0.15, -0.1) is 0 Å². The number of carbonyl (C=O) groups excluding carboxylic acids is 1. The molecular weight excluding hydrogens is 588 g/mol. The molecule has 2 heterocycles. The molecule has 0 radical (unpaired) electrons. The fourth-order valence-electron chi connectivity index (χ4n) is 10.2. The minimum atomic E-state index is -1.63. The molecule has 0 aromatic heterocycles. The zero-order valence-corrected chi connectivity index (χ0v) is 26.5. The summed E-state index contributed by atoms with van der Waals surface area (Å²) in [5.74, 6) is 2.20. The molecule has 12 nitrogen and oxygen atoms in total. The Bertz CT molecular complexity index is 1120. The van der Waals surface area contributed by atoms with Crippen molar-refractivity contribution in [3.8, 4) is 0 Å². The molecule has 0 aromatic rings. The lowest BCUT2D eigenvalue weighted by Crippen LogP contribution is -2.62. The molecule has 2 aliphatic heterocycles. The van der Waals surface area contributed by atoms with Gasteiger partial charge in [0.05, 0.1) is 19.3 Å². The topological polar surface area (TPSA) is 196 Å². The van der Waals surface area contributed by atoms with Gasteiger partial charge in [0.25, 0.3) is 0 Å². The largest absolute Gasteiger partial charge is 0.394 e. The molecule has 0 spiro atoms. The fraction of sp³-hybridized carbons (Fsp3) is 0.909. The Balaban J connectivity index is 1.09. The van der Waals surface area contributed by atoms with Crippen molar-refractivity contribution in [2.45, 2.75) is 140 Å². The molecule has 0 aromatic carbocycles. The van der Waals surface area contributed by atoms with Crippen molar-refractivity contribution in [3.05, 3.63) is 11.6 Å². The molecule has 12 heteroatoms. The average molecular weight is 641 g/mol. The third-order valence-corrected chi connectivity index (χ3v) is 12.8. The van der Waals surface area contributed by atoms with E-state index >= 15 is 0 Å². The number of aliphatic hydroxyl groups excluding tert-OH is 7. The van der Waals surface area contributed by atoms with Crippen LogP contribution in [-0.4, -0.2) is 122 Å². The molecule has 5 fully saturated rings. The lowest BCUT2D eigenvalue weighted by atomic mass is 9.47. The molecule has 3 saturated carbocycles. The number of Topliss-reactive ketones (excluding diaryl/α,β-unsaturated/α-hetero) is 1. The SMILES string of the molecule is CC(=O)C1CCC2C3CC=C4CC(OC5OC(COC6OC(CO)C(O)C(O)C6O)C(O)C(O)C5O)CCC4(C)C3CCC12C. The lowest BCUT2D eigenvalue weighted by molar-refractivity contribution is -0.336. The molecule has 17 unspecified atom stereocenters. The van der Waals surface area contributed by atoms with Crippen molar-refractivity contribution in [1.29, 1.82) is 0 Å². The van der Waals surface area contributed by atoms with Crippen LogP contribution in [0.2, 0.25) is 0 Å². The summed E-state index contributed by atoms with van der Waals surface area (Å²) in [6, 6.07) is 0. The summed E-state index contributed by atoms with van der Waals surface area (Å²) in [4.78, 5) is 12.5. The molecule has 256 valence electrons. The first-order valence-corrected chi connectivity index (χ1v) is 16.8. The summed E-state index contributed by atoms with van der Waals surface area (Å²) in [6.45, 7) is 5.47. The van der Waals surface area contributed by atoms with Gasteiger partial charge in [-0.3, -0.25) is 4.79 Å². The molecule has 17 atom stereocenters. The van der Waals surface area contributed by atoms with E-state index in [1.54, 1.807) is 6.92 Å². The van der Waals surface area contributed by atoms with Gasteiger partial charge in [-0.2, -0.15) is 0 Å². The van der Waals surface area contributed by atoms with Gasteiger partial charge in [0.15, 0.2) is 12.6 Å². The Morgan fingerprint density at radius 3 is 2.20 bits per heavy atom. The van der Waals surface area contributed by atoms with Gasteiger partial charge in [-0.1, -0.05) is 25.5 Å². The van der Waals surface area contributed by atoms with Gasteiger partial charge in [0.1, 0.15) is 54.6 Å². The summed E-state index contributed by atoms with van der Waals surface area (Å²) >= 11 is 0. The quantitative estimate of drug-likeness (QED) is 0.187. The monoisotopic (exact) mass is 640 g/mol. The summed E-state index contributed by atoms with van der Waals surface area (Å²) in [5.41, 5.74) is 1.50. The second-order valence-corrected chi connectivity index (χ2v) is 15.1. The van der Waals surface area contributed by atoms with Crippen molar-refractivity contribution in [2.75, 3.05) is 13.2 Å². The van der Waals surface area contributed by atoms with Gasteiger partial charge in [0, 0.05) is 5.92 Å². The highest BCUT2D eigenvalue weighted by Crippen LogP contribution is 2.66. The van der Waals surface area contributed by atoms with E-state index in [0.717, 1.165) is 44.9 Å². The van der Waals surface area contributed by atoms with Crippen LogP contribution in [0.25, 0.3) is 0 Å². The van der Waals surface area contributed by atoms with Crippen LogP contribution in [0.1, 0.15) is 72.1 Å². The Kier molecular flexibility index (Phi) is 9.61. The van der Waals surface area contributed by atoms with E-state index in [4.69, 9.17) is 18.9 Å². The molecule has 4 aliphatic carbocycles. The van der Waals surface area contributed by atoms with Gasteiger partial charge >= 0.3 is 0 Å². The van der Waals surface area contributed by atoms with E-state index in [2.05, 4.69) is 19.9 Å². The number of ether oxygens (including phenoxy) is 4. The first-order chi connectivity index (χ1) is 21.3. The van der Waals surface area contributed by atoms with Gasteiger partial charge < -0.3 is 54.7 Å². The number of rotatable bonds is 7. The summed E-state index contributed by atoms with van der Waals surface area (Å²) in [7, 11) is 0. The van der Waals surface area contributed by atoms with Gasteiger partial charge in [-0.25, -0.2) is 0 Å². The number of carbonyl (C=O) groups is 1. The maximum absolute atomic E-state index is 12.5. The van der Waals surface area contributed by atoms with E-state index in [-0.39, 0.29) is 22.9 Å². The van der Waals surface area contributed by atoms with Crippen molar-refractivity contribution in [3.63, 3.8) is 0 Å². The van der Waals surface area contributed by atoms with E-state index in [1.165, 1.54) is 5.57 Å². The number of ketones is 1. The normalized spacial score (nSPS) is 53.2. The van der Waals surface area contributed by atoms with Crippen LogP contribution in [0.5, 0.6) is 0 Å². The highest BCUT2D eigenvalue weighted by atomic mass is 16.7. The van der Waals surface area contributed by atoms with Crippen LogP contribution in [0, 0.1) is 34.5 Å². The molecule has 0 amide bonds. The third-order valence-electron chi connectivity index (χ3n) is 12.8. The highest BCUT2D eigenvalue weighted by Gasteiger charge is 2.59. The van der Waals surface area contributed by atoms with Crippen LogP contribution in [0.4, 0.5) is 0 Å². The molecule has 45 heavy (non-hydrogen) atoms. The standard InChI is InChI=1S/C33H52O12/c1-15(35)19-6-7-20-18-5-4-16-12-17(8-10-32(16,2)21(18)9-11-33(19,20)3)43-31-29(41)27(39)25(37)23(45-31)14-42-30-28(40)26(38)24(36)22(13-34)44-30/h4,17-31,34,36-41H,5-14H2,1-3H3. The molecular formula is C33H52O12. The van der Waals surface area contributed by atoms with Crippen LogP contribution < -0.4 is 0 Å². The zero-order valence-electron chi connectivity index (χ0n) is 26.5. The highest BCUT2D eigenvalue weighted by molar-refractivity contribution is 5.79. The first kappa shape index (κ1) is 33.9. The predicted molar refractivity (Wildman–Crippen MR) is 157 cm³/mol. The zero-order chi connectivity index (χ0) is 32.4. The summed E-state index contributed by atoms with van der Waals surface area (Å²) < 4.78 is 23.1. The summed E-state index contributed by atoms with van der Waals surface area (Å²) in [6.07, 6.45) is -4.65. The number of hydrogen-bond acceptors (Lipinski definition) is 12. The van der Waals surface area contributed by atoms with Crippen LogP contribution in [0.3, 0.4) is 0 Å². The minimum Gasteiger partial charge on any atom is -0.394 e. The van der Waals surface area contributed by atoms with E-state index in [0.29, 0.717) is 30.0 Å². The summed E-state index contributed by atoms with van der Waals surface area (Å²) in [5, 5.41) is 71.8. The molecule has 2 saturated heterocycles. The molecule has 0 bridgehead atoms. The van der Waals surface area contributed by atoms with E-state index in [1.807, 2.05) is 0 Å². The van der Waals surface area contributed by atoms with Crippen molar-refractivity contribution < 1.29 is 59.5 Å². The maximum Gasteiger partial charge on any atom is 0.186 e. The molecule has 7 N–H and O–H groups in total. The van der Waals surface area contributed by atoms with Crippen molar-refractivity contribution >= 4 is 5.78 Å². The van der Waals surface area contributed by atoms with Crippen molar-refractivity contribution in [2.24, 2.45) is 34.5 Å². The van der Waals surface area contributed by atoms with Crippen LogP contribution in [0.15, 0.2) is 11.6 Å². The van der Waals surface area contributed by atoms with Gasteiger partial charge in [-0.05, 0) is 86.9 Å². The molecule has 6 aliphatic rings. The van der Waals surface area contributed by atoms with E-state index in [9.17, 15) is 40.5 Å². The van der Waals surface area contributed by atoms with Gasteiger partial charge in [0.2, 0.25) is 0 Å². The van der Waals surface area contributed by atoms with Crippen LogP contribution in [-0.2, 0) is 23.7 Å². The number of fused-ring (bicyclic) bond motifs is 5. The first-order valence-electron chi connectivity index (χ1n) is 16.8. The average Bonchev–Trinajstić information content (AvgIpc) is 3.38. The number of allylic oxidation sites excluding steroid dienone is 1. The Morgan fingerprint density at radius 1 is 0.844 bits per heavy atom. The second kappa shape index (κ2) is 12.8. The maximum atomic E-state index is 12.5. The minimum absolute atomic E-state index is 0.0436. The smallest absolute Gasteiger partial charge is 0.186 e. The Labute approximate surface area is 264 Å². The third kappa shape index (κ3) is 5.75. The number of hydrogen-bond donors (Lipinski definition) is 7. The lowest BCUT2D eigenvalue weighted by Gasteiger charge is -2.58. The number of aliphatic hydroxyl groups is 7. The Hall–Kier alpha value is -1.03. The van der Waals surface area contributed by atoms with E-state index < -0.39 is 74.6 Å². The molecule has 6 rings (SSSR count). The fourth-order valence-corrected chi connectivity index (χ4v) is 10.2. The Morgan fingerprint density at radius 2 is 1.51 bits per heavy atom. The second-order valence-electron chi connectivity index (χ2n) is 15.1.